The van der Waals surface area contributed by atoms with E-state index in [1.807, 2.05) is 0 Å². The molecule has 0 radical (unpaired) electrons. The summed E-state index contributed by atoms with van der Waals surface area (Å²) in [5.41, 5.74) is 0. The smallest absolute Gasteiger partial charge is 0.243 e. The Kier molecular flexibility index (Phi) is 3.79. The van der Waals surface area contributed by atoms with E-state index in [-0.39, 0.29) is 18.2 Å². The first-order chi connectivity index (χ1) is 9.26. The third kappa shape index (κ3) is 2.79. The first-order valence-electron chi connectivity index (χ1n) is 6.85. The van der Waals surface area contributed by atoms with Crippen LogP contribution in [0.4, 0.5) is 0 Å². The zero-order chi connectivity index (χ0) is 13.2. The van der Waals surface area contributed by atoms with Gasteiger partial charge in [0.2, 0.25) is 11.7 Å². The van der Waals surface area contributed by atoms with Gasteiger partial charge in [-0.3, -0.25) is 4.90 Å². The van der Waals surface area contributed by atoms with Crippen LogP contribution in [0.5, 0.6) is 0 Å². The second kappa shape index (κ2) is 5.54. The SMILES string of the molecule is CCN1CCOC(c2noc(C3CC(O)CN3)n2)C1. The van der Waals surface area contributed by atoms with Gasteiger partial charge in [-0.25, -0.2) is 0 Å². The van der Waals surface area contributed by atoms with Gasteiger partial charge in [-0.15, -0.1) is 0 Å². The lowest BCUT2D eigenvalue weighted by molar-refractivity contribution is -0.0334. The van der Waals surface area contributed by atoms with Crippen molar-refractivity contribution >= 4 is 0 Å². The molecule has 3 rings (SSSR count). The minimum atomic E-state index is -0.332. The molecule has 2 fully saturated rings. The van der Waals surface area contributed by atoms with E-state index in [1.165, 1.54) is 0 Å². The fraction of sp³-hybridized carbons (Fsp3) is 0.833. The molecule has 2 aliphatic heterocycles. The number of likely N-dealkylation sites (N-methyl/N-ethyl adjacent to an activating group) is 1. The molecule has 2 N–H and O–H groups in total. The number of ether oxygens (including phenoxy) is 1. The Balaban J connectivity index is 1.67. The van der Waals surface area contributed by atoms with Crippen molar-refractivity contribution < 1.29 is 14.4 Å². The van der Waals surface area contributed by atoms with Gasteiger partial charge in [-0.1, -0.05) is 12.1 Å². The molecule has 0 amide bonds. The molecule has 3 atom stereocenters. The zero-order valence-corrected chi connectivity index (χ0v) is 11.1. The molecule has 7 heteroatoms. The van der Waals surface area contributed by atoms with Crippen molar-refractivity contribution in [1.29, 1.82) is 0 Å². The minimum absolute atomic E-state index is 0.0397. The number of hydrogen-bond donors (Lipinski definition) is 2. The quantitative estimate of drug-likeness (QED) is 0.789. The highest BCUT2D eigenvalue weighted by Gasteiger charge is 2.31. The third-order valence-electron chi connectivity index (χ3n) is 3.75. The van der Waals surface area contributed by atoms with Gasteiger partial charge in [-0.05, 0) is 13.0 Å². The molecule has 0 aromatic carbocycles. The molecule has 0 aliphatic carbocycles. The summed E-state index contributed by atoms with van der Waals surface area (Å²) in [6, 6.07) is -0.0397. The van der Waals surface area contributed by atoms with Gasteiger partial charge in [0, 0.05) is 19.6 Å². The average molecular weight is 268 g/mol. The molecular weight excluding hydrogens is 248 g/mol. The van der Waals surface area contributed by atoms with E-state index in [4.69, 9.17) is 9.26 Å². The molecule has 19 heavy (non-hydrogen) atoms. The van der Waals surface area contributed by atoms with E-state index >= 15 is 0 Å². The van der Waals surface area contributed by atoms with Crippen LogP contribution in [0.15, 0.2) is 4.52 Å². The Labute approximate surface area is 111 Å². The van der Waals surface area contributed by atoms with E-state index in [1.54, 1.807) is 0 Å². The molecule has 0 bridgehead atoms. The maximum absolute atomic E-state index is 9.50. The van der Waals surface area contributed by atoms with Gasteiger partial charge in [-0.2, -0.15) is 4.98 Å². The Hall–Kier alpha value is -1.02. The van der Waals surface area contributed by atoms with Crippen LogP contribution in [0.2, 0.25) is 0 Å². The number of morpholine rings is 1. The molecule has 0 spiro atoms. The van der Waals surface area contributed by atoms with Crippen LogP contribution in [-0.4, -0.2) is 59.0 Å². The van der Waals surface area contributed by atoms with Crippen molar-refractivity contribution in [3.8, 4) is 0 Å². The summed E-state index contributed by atoms with van der Waals surface area (Å²) in [7, 11) is 0. The highest BCUT2D eigenvalue weighted by atomic mass is 16.5. The van der Waals surface area contributed by atoms with Crippen molar-refractivity contribution in [3.05, 3.63) is 11.7 Å². The van der Waals surface area contributed by atoms with Gasteiger partial charge < -0.3 is 19.7 Å². The van der Waals surface area contributed by atoms with Gasteiger partial charge in [0.1, 0.15) is 6.10 Å². The van der Waals surface area contributed by atoms with Crippen molar-refractivity contribution in [1.82, 2.24) is 20.4 Å². The van der Waals surface area contributed by atoms with E-state index in [9.17, 15) is 5.11 Å². The van der Waals surface area contributed by atoms with Crippen LogP contribution >= 0.6 is 0 Å². The number of β-amino-alcohol motifs (C(OH)–C–C–N with tert-alkyl or cyclic N) is 1. The summed E-state index contributed by atoms with van der Waals surface area (Å²) in [5, 5.41) is 16.7. The molecule has 1 aromatic rings. The van der Waals surface area contributed by atoms with E-state index in [0.29, 0.717) is 31.3 Å². The standard InChI is InChI=1S/C12H20N4O3/c1-2-16-3-4-18-10(7-16)11-14-12(19-15-11)9-5-8(17)6-13-9/h8-10,13,17H,2-7H2,1H3. The van der Waals surface area contributed by atoms with Crippen molar-refractivity contribution in [2.24, 2.45) is 0 Å². The predicted octanol–water partition coefficient (Wildman–Crippen LogP) is -0.142. The van der Waals surface area contributed by atoms with Crippen molar-refractivity contribution in [3.63, 3.8) is 0 Å². The number of aliphatic hydroxyl groups excluding tert-OH is 1. The van der Waals surface area contributed by atoms with Gasteiger partial charge >= 0.3 is 0 Å². The maximum atomic E-state index is 9.50. The summed E-state index contributed by atoms with van der Waals surface area (Å²) >= 11 is 0. The Morgan fingerprint density at radius 1 is 1.53 bits per heavy atom. The lowest BCUT2D eigenvalue weighted by Gasteiger charge is -2.30. The Morgan fingerprint density at radius 2 is 2.42 bits per heavy atom. The first-order valence-corrected chi connectivity index (χ1v) is 6.85. The summed E-state index contributed by atoms with van der Waals surface area (Å²) in [6.45, 7) is 6.16. The highest BCUT2D eigenvalue weighted by molar-refractivity contribution is 5.00. The maximum Gasteiger partial charge on any atom is 0.243 e. The van der Waals surface area contributed by atoms with Crippen molar-refractivity contribution in [2.75, 3.05) is 32.8 Å². The van der Waals surface area contributed by atoms with Crippen LogP contribution in [-0.2, 0) is 4.74 Å². The second-order valence-corrected chi connectivity index (χ2v) is 5.09. The molecule has 106 valence electrons. The number of aromatic nitrogens is 2. The third-order valence-corrected chi connectivity index (χ3v) is 3.75. The topological polar surface area (TPSA) is 83.7 Å². The molecule has 2 aliphatic rings. The summed E-state index contributed by atoms with van der Waals surface area (Å²) in [6.07, 6.45) is 0.174. The van der Waals surface area contributed by atoms with E-state index < -0.39 is 0 Å². The summed E-state index contributed by atoms with van der Waals surface area (Å²) in [5.74, 6) is 1.15. The first kappa shape index (κ1) is 13.0. The number of nitrogens with zero attached hydrogens (tertiary/aromatic N) is 3. The lowest BCUT2D eigenvalue weighted by Crippen LogP contribution is -2.38. The van der Waals surface area contributed by atoms with Crippen LogP contribution < -0.4 is 5.32 Å². The molecule has 2 saturated heterocycles. The van der Waals surface area contributed by atoms with Crippen molar-refractivity contribution in [2.45, 2.75) is 31.6 Å². The average Bonchev–Trinajstić information content (AvgIpc) is 3.07. The fourth-order valence-electron chi connectivity index (χ4n) is 2.57. The molecule has 3 heterocycles. The Bertz CT molecular complexity index is 425. The number of hydrogen-bond acceptors (Lipinski definition) is 7. The molecule has 3 unspecified atom stereocenters. The number of rotatable bonds is 3. The van der Waals surface area contributed by atoms with E-state index in [0.717, 1.165) is 19.6 Å². The molecule has 1 aromatic heterocycles. The molecule has 0 saturated carbocycles. The lowest BCUT2D eigenvalue weighted by atomic mass is 10.2. The fourth-order valence-corrected chi connectivity index (χ4v) is 2.57. The Morgan fingerprint density at radius 3 is 3.16 bits per heavy atom. The molecule has 7 nitrogen and oxygen atoms in total. The number of nitrogens with one attached hydrogen (secondary N) is 1. The van der Waals surface area contributed by atoms with Gasteiger partial charge in [0.15, 0.2) is 0 Å². The number of aliphatic hydroxyl groups is 1. The summed E-state index contributed by atoms with van der Waals surface area (Å²) < 4.78 is 11.0. The molecular formula is C12H20N4O3. The van der Waals surface area contributed by atoms with Crippen LogP contribution in [0, 0.1) is 0 Å². The highest BCUT2D eigenvalue weighted by Crippen LogP contribution is 2.25. The van der Waals surface area contributed by atoms with Crippen LogP contribution in [0.1, 0.15) is 37.2 Å². The second-order valence-electron chi connectivity index (χ2n) is 5.09. The normalized spacial score (nSPS) is 32.8. The van der Waals surface area contributed by atoms with Gasteiger partial charge in [0.05, 0.1) is 18.8 Å². The largest absolute Gasteiger partial charge is 0.392 e. The van der Waals surface area contributed by atoms with Crippen LogP contribution in [0.3, 0.4) is 0 Å². The summed E-state index contributed by atoms with van der Waals surface area (Å²) in [4.78, 5) is 6.72. The monoisotopic (exact) mass is 268 g/mol. The van der Waals surface area contributed by atoms with E-state index in [2.05, 4.69) is 27.3 Å². The predicted molar refractivity (Wildman–Crippen MR) is 66.5 cm³/mol. The van der Waals surface area contributed by atoms with Crippen LogP contribution in [0.25, 0.3) is 0 Å². The minimum Gasteiger partial charge on any atom is -0.392 e. The van der Waals surface area contributed by atoms with Gasteiger partial charge in [0.25, 0.3) is 0 Å². The zero-order valence-electron chi connectivity index (χ0n) is 11.1.